The third-order valence-corrected chi connectivity index (χ3v) is 3.21. The van der Waals surface area contributed by atoms with Crippen molar-refractivity contribution >= 4 is 5.91 Å². The van der Waals surface area contributed by atoms with Crippen molar-refractivity contribution in [1.29, 1.82) is 0 Å². The van der Waals surface area contributed by atoms with Crippen molar-refractivity contribution in [3.8, 4) is 5.88 Å². The van der Waals surface area contributed by atoms with Crippen LogP contribution in [0.15, 0.2) is 18.3 Å². The Labute approximate surface area is 126 Å². The maximum Gasteiger partial charge on any atom is 0.422 e. The van der Waals surface area contributed by atoms with E-state index in [9.17, 15) is 18.0 Å². The number of nitrogens with one attached hydrogen (secondary N) is 1. The number of nitrogens with zero attached hydrogens (tertiary/aromatic N) is 2. The molecule has 0 radical (unpaired) electrons. The van der Waals surface area contributed by atoms with E-state index in [2.05, 4.69) is 15.0 Å². The highest BCUT2D eigenvalue weighted by Gasteiger charge is 2.29. The fourth-order valence-electron chi connectivity index (χ4n) is 2.42. The molecule has 5 nitrogen and oxygen atoms in total. The number of carbonyl (C=O) groups excluding carboxylic acids is 1. The Kier molecular flexibility index (Phi) is 4.90. The van der Waals surface area contributed by atoms with Crippen molar-refractivity contribution in [1.82, 2.24) is 15.2 Å². The van der Waals surface area contributed by atoms with E-state index in [1.54, 1.807) is 4.90 Å². The van der Waals surface area contributed by atoms with Gasteiger partial charge in [0.2, 0.25) is 5.88 Å². The number of hydrogen-bond acceptors (Lipinski definition) is 4. The second-order valence-electron chi connectivity index (χ2n) is 5.47. The van der Waals surface area contributed by atoms with Gasteiger partial charge in [-0.05, 0) is 19.9 Å². The molecule has 1 aliphatic heterocycles. The van der Waals surface area contributed by atoms with Gasteiger partial charge in [0.1, 0.15) is 0 Å². The van der Waals surface area contributed by atoms with Crippen LogP contribution >= 0.6 is 0 Å². The van der Waals surface area contributed by atoms with E-state index in [0.29, 0.717) is 18.7 Å². The summed E-state index contributed by atoms with van der Waals surface area (Å²) in [6.07, 6.45) is -3.17. The van der Waals surface area contributed by atoms with Crippen LogP contribution in [0.1, 0.15) is 24.2 Å². The minimum atomic E-state index is -4.41. The SMILES string of the molecule is C[C@@H]1CN(C(=O)c2ccc(OCC(F)(F)F)nc2)C[C@@H](C)N1. The number of alkyl halides is 3. The third kappa shape index (κ3) is 4.59. The molecule has 1 amide bonds. The summed E-state index contributed by atoms with van der Waals surface area (Å²) in [4.78, 5) is 17.8. The summed E-state index contributed by atoms with van der Waals surface area (Å²) in [6, 6.07) is 3.08. The standard InChI is InChI=1S/C14H18F3N3O2/c1-9-6-20(7-10(2)19-9)13(21)11-3-4-12(18-5-11)22-8-14(15,16)17/h3-5,9-10,19H,6-8H2,1-2H3/t9-,10-/m1/s1. The van der Waals surface area contributed by atoms with Crippen molar-refractivity contribution in [2.45, 2.75) is 32.1 Å². The number of aromatic nitrogens is 1. The lowest BCUT2D eigenvalue weighted by Crippen LogP contribution is -2.55. The molecule has 8 heteroatoms. The molecule has 0 aliphatic carbocycles. The Bertz CT molecular complexity index is 509. The number of hydrogen-bond donors (Lipinski definition) is 1. The molecule has 0 spiro atoms. The van der Waals surface area contributed by atoms with Crippen molar-refractivity contribution in [3.63, 3.8) is 0 Å². The van der Waals surface area contributed by atoms with Crippen LogP contribution in [0.3, 0.4) is 0 Å². The molecule has 122 valence electrons. The Hall–Kier alpha value is -1.83. The van der Waals surface area contributed by atoms with Gasteiger partial charge in [0.25, 0.3) is 5.91 Å². The number of amides is 1. The number of carbonyl (C=O) groups is 1. The summed E-state index contributed by atoms with van der Waals surface area (Å²) in [6.45, 7) is 3.73. The van der Waals surface area contributed by atoms with Crippen LogP contribution in [-0.2, 0) is 0 Å². The van der Waals surface area contributed by atoms with E-state index in [-0.39, 0.29) is 23.9 Å². The summed E-state index contributed by atoms with van der Waals surface area (Å²) in [5.74, 6) is -0.342. The highest BCUT2D eigenvalue weighted by atomic mass is 19.4. The molecule has 0 unspecified atom stereocenters. The van der Waals surface area contributed by atoms with Gasteiger partial charge in [-0.3, -0.25) is 4.79 Å². The van der Waals surface area contributed by atoms with Gasteiger partial charge < -0.3 is 15.0 Å². The average molecular weight is 317 g/mol. The van der Waals surface area contributed by atoms with E-state index in [4.69, 9.17) is 0 Å². The molecule has 1 aliphatic rings. The first-order valence-electron chi connectivity index (χ1n) is 6.95. The van der Waals surface area contributed by atoms with Gasteiger partial charge in [0.05, 0.1) is 5.56 Å². The smallest absolute Gasteiger partial charge is 0.422 e. The highest BCUT2D eigenvalue weighted by Crippen LogP contribution is 2.17. The molecule has 1 aromatic heterocycles. The Morgan fingerprint density at radius 1 is 1.36 bits per heavy atom. The van der Waals surface area contributed by atoms with Crippen LogP contribution in [0.4, 0.5) is 13.2 Å². The summed E-state index contributed by atoms with van der Waals surface area (Å²) < 4.78 is 40.7. The normalized spacial score (nSPS) is 22.5. The van der Waals surface area contributed by atoms with Crippen LogP contribution in [0.5, 0.6) is 5.88 Å². The molecule has 1 N–H and O–H groups in total. The molecule has 2 rings (SSSR count). The second-order valence-corrected chi connectivity index (χ2v) is 5.47. The predicted octanol–water partition coefficient (Wildman–Crippen LogP) is 1.85. The Balaban J connectivity index is 1.99. The molecular formula is C14H18F3N3O2. The topological polar surface area (TPSA) is 54.5 Å². The maximum absolute atomic E-state index is 12.4. The quantitative estimate of drug-likeness (QED) is 0.924. The second kappa shape index (κ2) is 6.51. The lowest BCUT2D eigenvalue weighted by Gasteiger charge is -2.36. The van der Waals surface area contributed by atoms with E-state index in [1.807, 2.05) is 13.8 Å². The zero-order valence-corrected chi connectivity index (χ0v) is 12.4. The van der Waals surface area contributed by atoms with Gasteiger partial charge in [-0.1, -0.05) is 0 Å². The largest absolute Gasteiger partial charge is 0.468 e. The molecule has 0 bridgehead atoms. The molecule has 0 aromatic carbocycles. The lowest BCUT2D eigenvalue weighted by atomic mass is 10.1. The molecule has 2 atom stereocenters. The Morgan fingerprint density at radius 3 is 2.50 bits per heavy atom. The highest BCUT2D eigenvalue weighted by molar-refractivity contribution is 5.94. The zero-order valence-electron chi connectivity index (χ0n) is 12.4. The van der Waals surface area contributed by atoms with E-state index in [0.717, 1.165) is 0 Å². The summed E-state index contributed by atoms with van der Waals surface area (Å²) >= 11 is 0. The van der Waals surface area contributed by atoms with Crippen LogP contribution in [-0.4, -0.2) is 53.7 Å². The first kappa shape index (κ1) is 16.5. The first-order chi connectivity index (χ1) is 10.2. The van der Waals surface area contributed by atoms with E-state index >= 15 is 0 Å². The van der Waals surface area contributed by atoms with E-state index < -0.39 is 12.8 Å². The summed E-state index contributed by atoms with van der Waals surface area (Å²) in [5.41, 5.74) is 0.334. The first-order valence-corrected chi connectivity index (χ1v) is 6.95. The van der Waals surface area contributed by atoms with Crippen molar-refractivity contribution < 1.29 is 22.7 Å². The van der Waals surface area contributed by atoms with Crippen LogP contribution in [0.25, 0.3) is 0 Å². The monoisotopic (exact) mass is 317 g/mol. The van der Waals surface area contributed by atoms with E-state index in [1.165, 1.54) is 18.3 Å². The van der Waals surface area contributed by atoms with Crippen LogP contribution in [0, 0.1) is 0 Å². The number of rotatable bonds is 3. The summed E-state index contributed by atoms with van der Waals surface area (Å²) in [7, 11) is 0. The third-order valence-electron chi connectivity index (χ3n) is 3.21. The van der Waals surface area contributed by atoms with Gasteiger partial charge in [-0.2, -0.15) is 13.2 Å². The molecule has 1 fully saturated rings. The van der Waals surface area contributed by atoms with Gasteiger partial charge in [0.15, 0.2) is 6.61 Å². The molecular weight excluding hydrogens is 299 g/mol. The molecule has 1 aromatic rings. The van der Waals surface area contributed by atoms with Crippen molar-refractivity contribution in [3.05, 3.63) is 23.9 Å². The van der Waals surface area contributed by atoms with Gasteiger partial charge in [-0.15, -0.1) is 0 Å². The molecule has 1 saturated heterocycles. The zero-order chi connectivity index (χ0) is 16.3. The predicted molar refractivity (Wildman–Crippen MR) is 73.8 cm³/mol. The van der Waals surface area contributed by atoms with Gasteiger partial charge >= 0.3 is 6.18 Å². The van der Waals surface area contributed by atoms with Gasteiger partial charge in [-0.25, -0.2) is 4.98 Å². The molecule has 0 saturated carbocycles. The van der Waals surface area contributed by atoms with Crippen LogP contribution < -0.4 is 10.1 Å². The van der Waals surface area contributed by atoms with Crippen LogP contribution in [0.2, 0.25) is 0 Å². The van der Waals surface area contributed by atoms with Crippen molar-refractivity contribution in [2.24, 2.45) is 0 Å². The number of piperazine rings is 1. The Morgan fingerprint density at radius 2 is 2.00 bits per heavy atom. The average Bonchev–Trinajstić information content (AvgIpc) is 2.43. The minimum Gasteiger partial charge on any atom is -0.468 e. The van der Waals surface area contributed by atoms with Crippen molar-refractivity contribution in [2.75, 3.05) is 19.7 Å². The number of halogens is 3. The minimum absolute atomic E-state index is 0.157. The van der Waals surface area contributed by atoms with Gasteiger partial charge in [0, 0.05) is 37.4 Å². The summed E-state index contributed by atoms with van der Waals surface area (Å²) in [5, 5.41) is 3.32. The maximum atomic E-state index is 12.4. The molecule has 2 heterocycles. The fourth-order valence-corrected chi connectivity index (χ4v) is 2.42. The molecule has 22 heavy (non-hydrogen) atoms. The number of ether oxygens (including phenoxy) is 1. The number of pyridine rings is 1. The lowest BCUT2D eigenvalue weighted by molar-refractivity contribution is -0.154. The fraction of sp³-hybridized carbons (Fsp3) is 0.571.